The van der Waals surface area contributed by atoms with Crippen molar-refractivity contribution in [1.82, 2.24) is 0 Å². The third-order valence-corrected chi connectivity index (χ3v) is 3.07. The van der Waals surface area contributed by atoms with Gasteiger partial charge in [0.15, 0.2) is 6.10 Å². The minimum absolute atomic E-state index is 0.0725. The molecule has 0 fully saturated rings. The number of rotatable bonds is 4. The van der Waals surface area contributed by atoms with E-state index in [1.165, 1.54) is 25.1 Å². The number of amides is 1. The molecule has 0 aromatic heterocycles. The highest BCUT2D eigenvalue weighted by Gasteiger charge is 2.23. The molecule has 0 aliphatic carbocycles. The SMILES string of the molecule is CC(OC(=O)C1=COCCO1)C(=O)Nc1cc(Cl)cc(Cl)c1. The molecule has 1 atom stereocenters. The molecule has 6 nitrogen and oxygen atoms in total. The van der Waals surface area contributed by atoms with E-state index < -0.39 is 18.0 Å². The van der Waals surface area contributed by atoms with Crippen molar-refractivity contribution in [2.45, 2.75) is 13.0 Å². The minimum Gasteiger partial charge on any atom is -0.493 e. The Labute approximate surface area is 136 Å². The summed E-state index contributed by atoms with van der Waals surface area (Å²) in [7, 11) is 0. The number of hydrogen-bond donors (Lipinski definition) is 1. The standard InChI is InChI=1S/C14H13Cl2NO5/c1-8(22-14(19)12-7-20-2-3-21-12)13(18)17-11-5-9(15)4-10(16)6-11/h4-8H,2-3H2,1H3,(H,17,18). The summed E-state index contributed by atoms with van der Waals surface area (Å²) in [6.45, 7) is 2.05. The third kappa shape index (κ3) is 4.54. The Morgan fingerprint density at radius 2 is 1.91 bits per heavy atom. The summed E-state index contributed by atoms with van der Waals surface area (Å²) in [5.41, 5.74) is 0.405. The zero-order valence-electron chi connectivity index (χ0n) is 11.6. The van der Waals surface area contributed by atoms with E-state index in [-0.39, 0.29) is 12.4 Å². The normalized spacial score (nSPS) is 15.0. The van der Waals surface area contributed by atoms with Crippen LogP contribution in [0.4, 0.5) is 5.69 Å². The summed E-state index contributed by atoms with van der Waals surface area (Å²) in [5, 5.41) is 3.31. The van der Waals surface area contributed by atoms with Gasteiger partial charge < -0.3 is 19.5 Å². The van der Waals surface area contributed by atoms with Gasteiger partial charge in [0, 0.05) is 15.7 Å². The maximum absolute atomic E-state index is 12.0. The molecule has 22 heavy (non-hydrogen) atoms. The van der Waals surface area contributed by atoms with Crippen molar-refractivity contribution in [3.8, 4) is 0 Å². The van der Waals surface area contributed by atoms with Gasteiger partial charge in [-0.25, -0.2) is 4.79 Å². The number of benzene rings is 1. The van der Waals surface area contributed by atoms with Crippen LogP contribution in [0.2, 0.25) is 10.0 Å². The number of carbonyl (C=O) groups is 2. The first-order valence-corrected chi connectivity index (χ1v) is 7.14. The smallest absolute Gasteiger partial charge is 0.377 e. The Morgan fingerprint density at radius 1 is 1.23 bits per heavy atom. The third-order valence-electron chi connectivity index (χ3n) is 2.63. The van der Waals surface area contributed by atoms with Gasteiger partial charge in [0.25, 0.3) is 5.91 Å². The number of anilines is 1. The molecule has 0 saturated carbocycles. The molecule has 0 spiro atoms. The molecule has 8 heteroatoms. The van der Waals surface area contributed by atoms with Crippen molar-refractivity contribution in [2.75, 3.05) is 18.5 Å². The van der Waals surface area contributed by atoms with Crippen LogP contribution in [-0.2, 0) is 23.8 Å². The number of carbonyl (C=O) groups excluding carboxylic acids is 2. The first-order valence-electron chi connectivity index (χ1n) is 6.38. The summed E-state index contributed by atoms with van der Waals surface area (Å²) in [6.07, 6.45) is 0.129. The van der Waals surface area contributed by atoms with Crippen molar-refractivity contribution >= 4 is 40.8 Å². The molecule has 0 radical (unpaired) electrons. The van der Waals surface area contributed by atoms with Gasteiger partial charge in [-0.15, -0.1) is 0 Å². The Morgan fingerprint density at radius 3 is 2.50 bits per heavy atom. The Bertz CT molecular complexity index is 597. The number of halogens is 2. The van der Waals surface area contributed by atoms with Crippen LogP contribution in [0.1, 0.15) is 6.92 Å². The molecule has 1 aromatic carbocycles. The fourth-order valence-electron chi connectivity index (χ4n) is 1.62. The van der Waals surface area contributed by atoms with E-state index in [1.807, 2.05) is 0 Å². The summed E-state index contributed by atoms with van der Waals surface area (Å²) < 4.78 is 15.0. The fourth-order valence-corrected chi connectivity index (χ4v) is 2.14. The highest BCUT2D eigenvalue weighted by atomic mass is 35.5. The lowest BCUT2D eigenvalue weighted by atomic mass is 10.3. The molecule has 1 amide bonds. The second kappa shape index (κ2) is 7.38. The molecule has 1 heterocycles. The summed E-state index contributed by atoms with van der Waals surface area (Å²) in [6, 6.07) is 4.59. The second-order valence-electron chi connectivity index (χ2n) is 4.40. The van der Waals surface area contributed by atoms with Gasteiger partial charge in [0.1, 0.15) is 19.5 Å². The maximum atomic E-state index is 12.0. The maximum Gasteiger partial charge on any atom is 0.377 e. The molecular weight excluding hydrogens is 333 g/mol. The Hall–Kier alpha value is -1.92. The van der Waals surface area contributed by atoms with E-state index in [0.29, 0.717) is 22.3 Å². The first kappa shape index (κ1) is 16.5. The van der Waals surface area contributed by atoms with Crippen molar-refractivity contribution in [2.24, 2.45) is 0 Å². The Balaban J connectivity index is 1.94. The predicted molar refractivity (Wildman–Crippen MR) is 80.6 cm³/mol. The average Bonchev–Trinajstić information content (AvgIpc) is 2.46. The van der Waals surface area contributed by atoms with E-state index in [9.17, 15) is 9.59 Å². The lowest BCUT2D eigenvalue weighted by molar-refractivity contribution is -0.153. The van der Waals surface area contributed by atoms with E-state index >= 15 is 0 Å². The van der Waals surface area contributed by atoms with Gasteiger partial charge in [-0.1, -0.05) is 23.2 Å². The van der Waals surface area contributed by atoms with Crippen molar-refractivity contribution < 1.29 is 23.8 Å². The van der Waals surface area contributed by atoms with E-state index in [1.54, 1.807) is 0 Å². The highest BCUT2D eigenvalue weighted by Crippen LogP contribution is 2.22. The molecule has 118 valence electrons. The van der Waals surface area contributed by atoms with Gasteiger partial charge in [0.2, 0.25) is 5.76 Å². The average molecular weight is 346 g/mol. The Kier molecular flexibility index (Phi) is 5.51. The summed E-state index contributed by atoms with van der Waals surface area (Å²) in [4.78, 5) is 23.7. The van der Waals surface area contributed by atoms with Crippen LogP contribution >= 0.6 is 23.2 Å². The number of nitrogens with one attached hydrogen (secondary N) is 1. The van der Waals surface area contributed by atoms with Gasteiger partial charge in [-0.2, -0.15) is 0 Å². The predicted octanol–water partition coefficient (Wildman–Crippen LogP) is 2.75. The number of ether oxygens (including phenoxy) is 3. The largest absolute Gasteiger partial charge is 0.493 e. The lowest BCUT2D eigenvalue weighted by Crippen LogP contribution is -2.31. The van der Waals surface area contributed by atoms with Crippen LogP contribution < -0.4 is 5.32 Å². The molecular formula is C14H13Cl2NO5. The van der Waals surface area contributed by atoms with Crippen molar-refractivity contribution in [3.05, 3.63) is 40.3 Å². The van der Waals surface area contributed by atoms with Gasteiger partial charge in [-0.3, -0.25) is 4.79 Å². The van der Waals surface area contributed by atoms with Crippen LogP contribution in [0.5, 0.6) is 0 Å². The topological polar surface area (TPSA) is 73.9 Å². The molecule has 2 rings (SSSR count). The molecule has 1 N–H and O–H groups in total. The van der Waals surface area contributed by atoms with E-state index in [0.717, 1.165) is 6.26 Å². The highest BCUT2D eigenvalue weighted by molar-refractivity contribution is 6.35. The van der Waals surface area contributed by atoms with E-state index in [4.69, 9.17) is 37.4 Å². The van der Waals surface area contributed by atoms with Crippen LogP contribution in [0.25, 0.3) is 0 Å². The summed E-state index contributed by atoms with van der Waals surface area (Å²) >= 11 is 11.7. The van der Waals surface area contributed by atoms with Crippen molar-refractivity contribution in [3.63, 3.8) is 0 Å². The monoisotopic (exact) mass is 345 g/mol. The van der Waals surface area contributed by atoms with Crippen molar-refractivity contribution in [1.29, 1.82) is 0 Å². The molecule has 1 unspecified atom stereocenters. The van der Waals surface area contributed by atoms with Crippen LogP contribution in [0, 0.1) is 0 Å². The second-order valence-corrected chi connectivity index (χ2v) is 5.27. The molecule has 1 aliphatic heterocycles. The zero-order chi connectivity index (χ0) is 16.1. The number of esters is 1. The van der Waals surface area contributed by atoms with Gasteiger partial charge in [-0.05, 0) is 25.1 Å². The van der Waals surface area contributed by atoms with Crippen LogP contribution in [0.15, 0.2) is 30.2 Å². The van der Waals surface area contributed by atoms with E-state index in [2.05, 4.69) is 5.32 Å². The van der Waals surface area contributed by atoms with Gasteiger partial charge >= 0.3 is 5.97 Å². The van der Waals surface area contributed by atoms with Gasteiger partial charge in [0.05, 0.1) is 0 Å². The lowest BCUT2D eigenvalue weighted by Gasteiger charge is -2.17. The minimum atomic E-state index is -1.03. The van der Waals surface area contributed by atoms with Crippen LogP contribution in [-0.4, -0.2) is 31.2 Å². The molecule has 0 saturated heterocycles. The summed E-state index contributed by atoms with van der Waals surface area (Å²) in [5.74, 6) is -1.37. The quantitative estimate of drug-likeness (QED) is 0.849. The van der Waals surface area contributed by atoms with Crippen LogP contribution in [0.3, 0.4) is 0 Å². The molecule has 0 bridgehead atoms. The first-order chi connectivity index (χ1) is 10.5. The zero-order valence-corrected chi connectivity index (χ0v) is 13.1. The molecule has 1 aliphatic rings. The fraction of sp³-hybridized carbons (Fsp3) is 0.286. The number of hydrogen-bond acceptors (Lipinski definition) is 5. The molecule has 1 aromatic rings.